The van der Waals surface area contributed by atoms with Crippen molar-refractivity contribution >= 4 is 12.1 Å². The molecule has 0 fully saturated rings. The SMILES string of the molecule is COc1cc(/C=N/NC(=O)COc2ccccc2-c2ccccc2)cc(OC)c1. The Bertz CT molecular complexity index is 965. The van der Waals surface area contributed by atoms with E-state index in [1.165, 1.54) is 6.21 Å². The lowest BCUT2D eigenvalue weighted by atomic mass is 10.1. The van der Waals surface area contributed by atoms with E-state index in [0.29, 0.717) is 17.2 Å². The first-order valence-electron chi connectivity index (χ1n) is 9.02. The lowest BCUT2D eigenvalue weighted by Crippen LogP contribution is -2.24. The maximum atomic E-state index is 12.1. The Morgan fingerprint density at radius 2 is 1.59 bits per heavy atom. The largest absolute Gasteiger partial charge is 0.497 e. The van der Waals surface area contributed by atoms with Crippen molar-refractivity contribution in [2.45, 2.75) is 0 Å². The van der Waals surface area contributed by atoms with Gasteiger partial charge in [-0.05, 0) is 23.8 Å². The third-order valence-corrected chi connectivity index (χ3v) is 4.11. The number of hydrazone groups is 1. The molecule has 1 N–H and O–H groups in total. The molecule has 1 amide bonds. The van der Waals surface area contributed by atoms with Crippen LogP contribution in [0.15, 0.2) is 77.9 Å². The maximum Gasteiger partial charge on any atom is 0.277 e. The highest BCUT2D eigenvalue weighted by Crippen LogP contribution is 2.29. The summed E-state index contributed by atoms with van der Waals surface area (Å²) in [7, 11) is 3.14. The second kappa shape index (κ2) is 9.94. The fraction of sp³-hybridized carbons (Fsp3) is 0.130. The Labute approximate surface area is 169 Å². The number of benzene rings is 3. The Morgan fingerprint density at radius 3 is 2.28 bits per heavy atom. The highest BCUT2D eigenvalue weighted by molar-refractivity contribution is 5.84. The minimum Gasteiger partial charge on any atom is -0.497 e. The molecule has 29 heavy (non-hydrogen) atoms. The molecule has 0 unspecified atom stereocenters. The summed E-state index contributed by atoms with van der Waals surface area (Å²) in [6.07, 6.45) is 1.51. The summed E-state index contributed by atoms with van der Waals surface area (Å²) in [4.78, 5) is 12.1. The molecule has 0 aliphatic heterocycles. The lowest BCUT2D eigenvalue weighted by molar-refractivity contribution is -0.123. The Morgan fingerprint density at radius 1 is 0.931 bits per heavy atom. The molecular weight excluding hydrogens is 368 g/mol. The van der Waals surface area contributed by atoms with Gasteiger partial charge in [-0.15, -0.1) is 0 Å². The Balaban J connectivity index is 1.60. The molecule has 3 aromatic carbocycles. The minimum atomic E-state index is -0.362. The summed E-state index contributed by atoms with van der Waals surface area (Å²) in [6.45, 7) is -0.150. The van der Waals surface area contributed by atoms with E-state index in [0.717, 1.165) is 16.7 Å². The number of carbonyl (C=O) groups excluding carboxylic acids is 1. The van der Waals surface area contributed by atoms with Crippen molar-refractivity contribution in [1.29, 1.82) is 0 Å². The normalized spacial score (nSPS) is 10.6. The van der Waals surface area contributed by atoms with Crippen LogP contribution >= 0.6 is 0 Å². The van der Waals surface area contributed by atoms with Gasteiger partial charge >= 0.3 is 0 Å². The number of hydrogen-bond acceptors (Lipinski definition) is 5. The molecule has 148 valence electrons. The number of carbonyl (C=O) groups is 1. The zero-order chi connectivity index (χ0) is 20.5. The molecule has 0 radical (unpaired) electrons. The van der Waals surface area contributed by atoms with Crippen LogP contribution in [0, 0.1) is 0 Å². The van der Waals surface area contributed by atoms with E-state index in [1.54, 1.807) is 32.4 Å². The lowest BCUT2D eigenvalue weighted by Gasteiger charge is -2.11. The number of ether oxygens (including phenoxy) is 3. The fourth-order valence-corrected chi connectivity index (χ4v) is 2.71. The van der Waals surface area contributed by atoms with Gasteiger partial charge < -0.3 is 14.2 Å². The quantitative estimate of drug-likeness (QED) is 0.468. The van der Waals surface area contributed by atoms with Gasteiger partial charge in [0.05, 0.1) is 20.4 Å². The molecule has 0 atom stereocenters. The van der Waals surface area contributed by atoms with Crippen molar-refractivity contribution in [3.05, 3.63) is 78.4 Å². The molecule has 3 aromatic rings. The van der Waals surface area contributed by atoms with Gasteiger partial charge in [-0.1, -0.05) is 48.5 Å². The van der Waals surface area contributed by atoms with Crippen molar-refractivity contribution in [3.63, 3.8) is 0 Å². The Kier molecular flexibility index (Phi) is 6.84. The molecule has 0 spiro atoms. The summed E-state index contributed by atoms with van der Waals surface area (Å²) in [6, 6.07) is 22.8. The van der Waals surface area contributed by atoms with Gasteiger partial charge in [0.25, 0.3) is 5.91 Å². The molecule has 0 aliphatic rings. The van der Waals surface area contributed by atoms with Crippen molar-refractivity contribution in [2.24, 2.45) is 5.10 Å². The van der Waals surface area contributed by atoms with Crippen molar-refractivity contribution in [1.82, 2.24) is 5.43 Å². The van der Waals surface area contributed by atoms with E-state index in [1.807, 2.05) is 54.6 Å². The Hall–Kier alpha value is -3.80. The fourth-order valence-electron chi connectivity index (χ4n) is 2.71. The molecule has 3 rings (SSSR count). The minimum absolute atomic E-state index is 0.150. The van der Waals surface area contributed by atoms with Gasteiger partial charge in [-0.25, -0.2) is 5.43 Å². The van der Waals surface area contributed by atoms with Gasteiger partial charge in [0, 0.05) is 17.2 Å². The predicted molar refractivity (Wildman–Crippen MR) is 113 cm³/mol. The summed E-state index contributed by atoms with van der Waals surface area (Å²) in [5.74, 6) is 1.55. The van der Waals surface area contributed by atoms with E-state index in [4.69, 9.17) is 14.2 Å². The number of nitrogens with zero attached hydrogens (tertiary/aromatic N) is 1. The monoisotopic (exact) mass is 390 g/mol. The van der Waals surface area contributed by atoms with Gasteiger partial charge in [0.1, 0.15) is 17.2 Å². The first-order valence-corrected chi connectivity index (χ1v) is 9.02. The predicted octanol–water partition coefficient (Wildman–Crippen LogP) is 3.90. The van der Waals surface area contributed by atoms with Crippen molar-refractivity contribution in [2.75, 3.05) is 20.8 Å². The van der Waals surface area contributed by atoms with Crippen molar-refractivity contribution in [3.8, 4) is 28.4 Å². The van der Waals surface area contributed by atoms with Crippen LogP contribution in [0.25, 0.3) is 11.1 Å². The molecule has 0 aliphatic carbocycles. The topological polar surface area (TPSA) is 69.2 Å². The van der Waals surface area contributed by atoms with Crippen molar-refractivity contribution < 1.29 is 19.0 Å². The number of nitrogens with one attached hydrogen (secondary N) is 1. The van der Waals surface area contributed by atoms with Crippen LogP contribution in [0.1, 0.15) is 5.56 Å². The molecule has 0 saturated heterocycles. The highest BCUT2D eigenvalue weighted by Gasteiger charge is 2.08. The van der Waals surface area contributed by atoms with Crippen LogP contribution in [-0.4, -0.2) is 32.9 Å². The summed E-state index contributed by atoms with van der Waals surface area (Å²) >= 11 is 0. The zero-order valence-corrected chi connectivity index (χ0v) is 16.3. The van der Waals surface area contributed by atoms with E-state index >= 15 is 0 Å². The molecule has 0 heterocycles. The second-order valence-electron chi connectivity index (χ2n) is 6.09. The summed E-state index contributed by atoms with van der Waals surface area (Å²) in [5.41, 5.74) is 5.14. The smallest absolute Gasteiger partial charge is 0.277 e. The zero-order valence-electron chi connectivity index (χ0n) is 16.3. The molecular formula is C23H22N2O4. The molecule has 0 saturated carbocycles. The van der Waals surface area contributed by atoms with E-state index < -0.39 is 0 Å². The van der Waals surface area contributed by atoms with Gasteiger partial charge in [0.2, 0.25) is 0 Å². The molecule has 0 bridgehead atoms. The highest BCUT2D eigenvalue weighted by atomic mass is 16.5. The summed E-state index contributed by atoms with van der Waals surface area (Å²) < 4.78 is 16.1. The van der Waals surface area contributed by atoms with Crippen LogP contribution in [0.5, 0.6) is 17.2 Å². The number of methoxy groups -OCH3 is 2. The summed E-state index contributed by atoms with van der Waals surface area (Å²) in [5, 5.41) is 3.97. The van der Waals surface area contributed by atoms with Crippen LogP contribution in [0.2, 0.25) is 0 Å². The van der Waals surface area contributed by atoms with E-state index in [9.17, 15) is 4.79 Å². The number of hydrogen-bond donors (Lipinski definition) is 1. The average molecular weight is 390 g/mol. The molecule has 6 nitrogen and oxygen atoms in total. The third-order valence-electron chi connectivity index (χ3n) is 4.11. The molecule has 6 heteroatoms. The average Bonchev–Trinajstić information content (AvgIpc) is 2.78. The van der Waals surface area contributed by atoms with Gasteiger partial charge in [0.15, 0.2) is 6.61 Å². The first-order chi connectivity index (χ1) is 14.2. The second-order valence-corrected chi connectivity index (χ2v) is 6.09. The van der Waals surface area contributed by atoms with Gasteiger partial charge in [-0.3, -0.25) is 4.79 Å². The standard InChI is InChI=1S/C23H22N2O4/c1-27-19-12-17(13-20(14-19)28-2)15-24-25-23(26)16-29-22-11-7-6-10-21(22)18-8-4-3-5-9-18/h3-15H,16H2,1-2H3,(H,25,26)/b24-15+. The maximum absolute atomic E-state index is 12.1. The third kappa shape index (κ3) is 5.59. The van der Waals surface area contributed by atoms with E-state index in [-0.39, 0.29) is 12.5 Å². The first kappa shape index (κ1) is 19.9. The number of amides is 1. The van der Waals surface area contributed by atoms with Gasteiger partial charge in [-0.2, -0.15) is 5.10 Å². The van der Waals surface area contributed by atoms with Crippen LogP contribution in [-0.2, 0) is 4.79 Å². The van der Waals surface area contributed by atoms with Crippen LogP contribution in [0.3, 0.4) is 0 Å². The molecule has 0 aromatic heterocycles. The van der Waals surface area contributed by atoms with Crippen LogP contribution < -0.4 is 19.6 Å². The van der Waals surface area contributed by atoms with Crippen LogP contribution in [0.4, 0.5) is 0 Å². The number of rotatable bonds is 8. The van der Waals surface area contributed by atoms with E-state index in [2.05, 4.69) is 10.5 Å². The number of para-hydroxylation sites is 1.